The van der Waals surface area contributed by atoms with E-state index in [0.29, 0.717) is 11.7 Å². The number of aliphatic hydroxyl groups excluding tert-OH is 1. The molecule has 13 heavy (non-hydrogen) atoms. The predicted molar refractivity (Wildman–Crippen MR) is 45.2 cm³/mol. The van der Waals surface area contributed by atoms with E-state index in [-0.39, 0.29) is 6.61 Å². The lowest BCUT2D eigenvalue weighted by atomic mass is 9.96. The van der Waals surface area contributed by atoms with Gasteiger partial charge in [-0.2, -0.15) is 0 Å². The van der Waals surface area contributed by atoms with Crippen molar-refractivity contribution in [3.05, 3.63) is 17.5 Å². The van der Waals surface area contributed by atoms with Crippen LogP contribution >= 0.6 is 0 Å². The molecule has 0 bridgehead atoms. The molecule has 1 fully saturated rings. The van der Waals surface area contributed by atoms with E-state index in [1.54, 1.807) is 0 Å². The van der Waals surface area contributed by atoms with Gasteiger partial charge < -0.3 is 14.4 Å². The first-order chi connectivity index (χ1) is 6.40. The quantitative estimate of drug-likeness (QED) is 0.744. The Bertz CT molecular complexity index is 266. The van der Waals surface area contributed by atoms with Crippen molar-refractivity contribution in [2.24, 2.45) is 0 Å². The second kappa shape index (κ2) is 3.89. The molecule has 1 aliphatic rings. The Hall–Kier alpha value is -0.870. The van der Waals surface area contributed by atoms with E-state index < -0.39 is 0 Å². The Balaban J connectivity index is 2.05. The molecule has 0 radical (unpaired) electrons. The Morgan fingerprint density at radius 1 is 1.46 bits per heavy atom. The van der Waals surface area contributed by atoms with Crippen LogP contribution in [0, 0.1) is 0 Å². The van der Waals surface area contributed by atoms with Crippen molar-refractivity contribution < 1.29 is 14.4 Å². The maximum absolute atomic E-state index is 8.79. The number of nitrogens with zero attached hydrogens (tertiary/aromatic N) is 1. The van der Waals surface area contributed by atoms with Crippen molar-refractivity contribution in [2.75, 3.05) is 13.2 Å². The van der Waals surface area contributed by atoms with E-state index >= 15 is 0 Å². The predicted octanol–water partition coefficient (Wildman–Crippen LogP) is 1.06. The van der Waals surface area contributed by atoms with Gasteiger partial charge in [0.05, 0.1) is 5.69 Å². The maximum Gasteiger partial charge on any atom is 0.162 e. The number of ether oxygens (including phenoxy) is 1. The van der Waals surface area contributed by atoms with Gasteiger partial charge in [0.15, 0.2) is 5.76 Å². The van der Waals surface area contributed by atoms with Crippen LogP contribution in [0.2, 0.25) is 0 Å². The number of rotatable bonds is 2. The molecule has 0 saturated carbocycles. The molecular formula is C9H13NO3. The van der Waals surface area contributed by atoms with Crippen LogP contribution in [0.1, 0.15) is 30.2 Å². The van der Waals surface area contributed by atoms with E-state index in [9.17, 15) is 0 Å². The van der Waals surface area contributed by atoms with Gasteiger partial charge in [-0.05, 0) is 12.8 Å². The average Bonchev–Trinajstić information content (AvgIpc) is 2.67. The lowest BCUT2D eigenvalue weighted by Gasteiger charge is -2.19. The van der Waals surface area contributed by atoms with Crippen LogP contribution < -0.4 is 0 Å². The summed E-state index contributed by atoms with van der Waals surface area (Å²) in [5.74, 6) is 0.985. The third-order valence-corrected chi connectivity index (χ3v) is 2.37. The monoisotopic (exact) mass is 183 g/mol. The van der Waals surface area contributed by atoms with Crippen LogP contribution in [-0.4, -0.2) is 23.5 Å². The molecular weight excluding hydrogens is 170 g/mol. The van der Waals surface area contributed by atoms with Crippen LogP contribution in [-0.2, 0) is 11.3 Å². The molecule has 0 atom stereocenters. The fourth-order valence-corrected chi connectivity index (χ4v) is 1.59. The normalized spacial score (nSPS) is 19.2. The zero-order valence-electron chi connectivity index (χ0n) is 7.40. The topological polar surface area (TPSA) is 55.5 Å². The molecule has 1 saturated heterocycles. The highest BCUT2D eigenvalue weighted by atomic mass is 16.5. The second-order valence-electron chi connectivity index (χ2n) is 3.26. The van der Waals surface area contributed by atoms with Crippen LogP contribution in [0.15, 0.2) is 10.6 Å². The van der Waals surface area contributed by atoms with Crippen molar-refractivity contribution in [1.82, 2.24) is 5.16 Å². The third kappa shape index (κ3) is 1.89. The summed E-state index contributed by atoms with van der Waals surface area (Å²) in [6, 6.07) is 1.83. The van der Waals surface area contributed by atoms with Crippen molar-refractivity contribution in [1.29, 1.82) is 0 Å². The molecule has 2 heterocycles. The van der Waals surface area contributed by atoms with Gasteiger partial charge in [-0.25, -0.2) is 0 Å². The molecule has 1 aromatic heterocycles. The van der Waals surface area contributed by atoms with E-state index in [1.807, 2.05) is 6.07 Å². The first kappa shape index (κ1) is 8.72. The molecule has 0 unspecified atom stereocenters. The summed E-state index contributed by atoms with van der Waals surface area (Å²) in [5.41, 5.74) is 0.951. The van der Waals surface area contributed by atoms with Crippen molar-refractivity contribution in [3.63, 3.8) is 0 Å². The van der Waals surface area contributed by atoms with Gasteiger partial charge in [0.1, 0.15) is 6.61 Å². The Morgan fingerprint density at radius 3 is 2.85 bits per heavy atom. The maximum atomic E-state index is 8.79. The highest BCUT2D eigenvalue weighted by Crippen LogP contribution is 2.26. The van der Waals surface area contributed by atoms with Gasteiger partial charge in [0.2, 0.25) is 0 Å². The second-order valence-corrected chi connectivity index (χ2v) is 3.26. The first-order valence-corrected chi connectivity index (χ1v) is 4.54. The number of aliphatic hydroxyl groups is 1. The standard InChI is InChI=1S/C9H13NO3/c11-6-8-5-9(10-13-8)7-1-3-12-4-2-7/h5,7,11H,1-4,6H2. The summed E-state index contributed by atoms with van der Waals surface area (Å²) < 4.78 is 10.2. The Morgan fingerprint density at radius 2 is 2.23 bits per heavy atom. The third-order valence-electron chi connectivity index (χ3n) is 2.37. The Kier molecular flexibility index (Phi) is 2.61. The van der Waals surface area contributed by atoms with Gasteiger partial charge >= 0.3 is 0 Å². The molecule has 4 nitrogen and oxygen atoms in total. The Labute approximate surface area is 76.5 Å². The highest BCUT2D eigenvalue weighted by molar-refractivity contribution is 5.10. The summed E-state index contributed by atoms with van der Waals surface area (Å²) in [4.78, 5) is 0. The molecule has 0 spiro atoms. The highest BCUT2D eigenvalue weighted by Gasteiger charge is 2.19. The zero-order chi connectivity index (χ0) is 9.10. The summed E-state index contributed by atoms with van der Waals surface area (Å²) in [6.45, 7) is 1.52. The molecule has 0 amide bonds. The minimum atomic E-state index is -0.0732. The molecule has 72 valence electrons. The minimum absolute atomic E-state index is 0.0732. The summed E-state index contributed by atoms with van der Waals surface area (Å²) in [6.07, 6.45) is 1.99. The minimum Gasteiger partial charge on any atom is -0.388 e. The molecule has 1 N–H and O–H groups in total. The fraction of sp³-hybridized carbons (Fsp3) is 0.667. The zero-order valence-corrected chi connectivity index (χ0v) is 7.40. The summed E-state index contributed by atoms with van der Waals surface area (Å²) in [5, 5.41) is 12.7. The number of aromatic nitrogens is 1. The van der Waals surface area contributed by atoms with Crippen LogP contribution in [0.4, 0.5) is 0 Å². The van der Waals surface area contributed by atoms with Crippen molar-refractivity contribution in [2.45, 2.75) is 25.4 Å². The van der Waals surface area contributed by atoms with E-state index in [2.05, 4.69) is 5.16 Å². The van der Waals surface area contributed by atoms with Crippen molar-refractivity contribution in [3.8, 4) is 0 Å². The van der Waals surface area contributed by atoms with Crippen molar-refractivity contribution >= 4 is 0 Å². The van der Waals surface area contributed by atoms with Crippen LogP contribution in [0.3, 0.4) is 0 Å². The fourth-order valence-electron chi connectivity index (χ4n) is 1.59. The van der Waals surface area contributed by atoms with Gasteiger partial charge in [0, 0.05) is 25.2 Å². The van der Waals surface area contributed by atoms with E-state index in [4.69, 9.17) is 14.4 Å². The van der Waals surface area contributed by atoms with Gasteiger partial charge in [-0.3, -0.25) is 0 Å². The largest absolute Gasteiger partial charge is 0.388 e. The van der Waals surface area contributed by atoms with Gasteiger partial charge in [-0.1, -0.05) is 5.16 Å². The molecule has 2 rings (SSSR count). The summed E-state index contributed by atoms with van der Waals surface area (Å²) in [7, 11) is 0. The SMILES string of the molecule is OCc1cc(C2CCOCC2)no1. The number of hydrogen-bond donors (Lipinski definition) is 1. The van der Waals surface area contributed by atoms with Gasteiger partial charge in [-0.15, -0.1) is 0 Å². The molecule has 4 heteroatoms. The lowest BCUT2D eigenvalue weighted by Crippen LogP contribution is -2.14. The molecule has 1 aromatic rings. The lowest BCUT2D eigenvalue weighted by molar-refractivity contribution is 0.0837. The molecule has 1 aliphatic heterocycles. The van der Waals surface area contributed by atoms with E-state index in [0.717, 1.165) is 31.7 Å². The molecule has 0 aromatic carbocycles. The van der Waals surface area contributed by atoms with E-state index in [1.165, 1.54) is 0 Å². The number of hydrogen-bond acceptors (Lipinski definition) is 4. The first-order valence-electron chi connectivity index (χ1n) is 4.54. The summed E-state index contributed by atoms with van der Waals surface area (Å²) >= 11 is 0. The van der Waals surface area contributed by atoms with Crippen LogP contribution in [0.5, 0.6) is 0 Å². The smallest absolute Gasteiger partial charge is 0.162 e. The average molecular weight is 183 g/mol. The molecule has 0 aliphatic carbocycles. The van der Waals surface area contributed by atoms with Crippen LogP contribution in [0.25, 0.3) is 0 Å². The van der Waals surface area contributed by atoms with Gasteiger partial charge in [0.25, 0.3) is 0 Å².